The van der Waals surface area contributed by atoms with Crippen molar-refractivity contribution in [1.29, 1.82) is 0 Å². The van der Waals surface area contributed by atoms with Crippen LogP contribution in [-0.4, -0.2) is 66.3 Å². The Morgan fingerprint density at radius 2 is 1.91 bits per heavy atom. The number of nitrogens with zero attached hydrogens (tertiary/aromatic N) is 1. The van der Waals surface area contributed by atoms with Crippen molar-refractivity contribution in [2.24, 2.45) is 0 Å². The Balaban J connectivity index is 1.83. The van der Waals surface area contributed by atoms with Gasteiger partial charge in [0.15, 0.2) is 0 Å². The molecular formula is C15H25N3O3S. The molecule has 1 saturated heterocycles. The average Bonchev–Trinajstić information content (AvgIpc) is 2.54. The van der Waals surface area contributed by atoms with Crippen LogP contribution in [0.3, 0.4) is 0 Å². The van der Waals surface area contributed by atoms with Gasteiger partial charge in [-0.05, 0) is 24.1 Å². The molecule has 1 fully saturated rings. The highest BCUT2D eigenvalue weighted by Gasteiger charge is 2.15. The van der Waals surface area contributed by atoms with Crippen LogP contribution in [-0.2, 0) is 21.2 Å². The van der Waals surface area contributed by atoms with Gasteiger partial charge >= 0.3 is 0 Å². The molecule has 1 aliphatic rings. The van der Waals surface area contributed by atoms with Crippen molar-refractivity contribution in [3.05, 3.63) is 29.8 Å². The molecule has 0 unspecified atom stereocenters. The highest BCUT2D eigenvalue weighted by atomic mass is 32.2. The van der Waals surface area contributed by atoms with Crippen LogP contribution in [0.25, 0.3) is 0 Å². The van der Waals surface area contributed by atoms with E-state index in [4.69, 9.17) is 4.74 Å². The summed E-state index contributed by atoms with van der Waals surface area (Å²) in [4.78, 5) is 2.57. The van der Waals surface area contributed by atoms with E-state index in [-0.39, 0.29) is 0 Å². The standard InChI is InChI=1S/C15H25N3O3S/c1-21-13-6-14-2-4-15(5-3-14)22(19,20)17-9-12-18-10-7-16-8-11-18/h2-5,16-17H,6-13H2,1H3. The van der Waals surface area contributed by atoms with Crippen molar-refractivity contribution in [2.45, 2.75) is 11.3 Å². The van der Waals surface area contributed by atoms with Crippen LogP contribution in [0.1, 0.15) is 5.56 Å². The van der Waals surface area contributed by atoms with Gasteiger partial charge in [-0.2, -0.15) is 0 Å². The zero-order valence-electron chi connectivity index (χ0n) is 13.0. The first-order valence-corrected chi connectivity index (χ1v) is 9.11. The highest BCUT2D eigenvalue weighted by Crippen LogP contribution is 2.11. The fraction of sp³-hybridized carbons (Fsp3) is 0.600. The van der Waals surface area contributed by atoms with Crippen LogP contribution >= 0.6 is 0 Å². The highest BCUT2D eigenvalue weighted by molar-refractivity contribution is 7.89. The quantitative estimate of drug-likeness (QED) is 0.706. The van der Waals surface area contributed by atoms with Gasteiger partial charge in [-0.15, -0.1) is 0 Å². The second-order valence-electron chi connectivity index (χ2n) is 5.38. The Morgan fingerprint density at radius 1 is 1.23 bits per heavy atom. The lowest BCUT2D eigenvalue weighted by Crippen LogP contribution is -2.46. The molecule has 0 saturated carbocycles. The van der Waals surface area contributed by atoms with Gasteiger partial charge in [0.2, 0.25) is 10.0 Å². The summed E-state index contributed by atoms with van der Waals surface area (Å²) >= 11 is 0. The van der Waals surface area contributed by atoms with E-state index in [1.807, 2.05) is 12.1 Å². The first-order chi connectivity index (χ1) is 10.6. The summed E-state index contributed by atoms with van der Waals surface area (Å²) in [5.74, 6) is 0. The molecule has 124 valence electrons. The maximum absolute atomic E-state index is 12.2. The monoisotopic (exact) mass is 327 g/mol. The summed E-state index contributed by atoms with van der Waals surface area (Å²) in [6, 6.07) is 6.98. The van der Waals surface area contributed by atoms with Crippen molar-refractivity contribution in [2.75, 3.05) is 53.0 Å². The largest absolute Gasteiger partial charge is 0.384 e. The number of piperazine rings is 1. The summed E-state index contributed by atoms with van der Waals surface area (Å²) in [7, 11) is -1.77. The van der Waals surface area contributed by atoms with Crippen LogP contribution in [0.4, 0.5) is 0 Å². The number of hydrogen-bond acceptors (Lipinski definition) is 5. The Morgan fingerprint density at radius 3 is 2.55 bits per heavy atom. The number of methoxy groups -OCH3 is 1. The minimum absolute atomic E-state index is 0.314. The second kappa shape index (κ2) is 8.59. The van der Waals surface area contributed by atoms with Gasteiger partial charge in [-0.3, -0.25) is 4.90 Å². The molecule has 0 atom stereocenters. The smallest absolute Gasteiger partial charge is 0.240 e. The number of ether oxygens (including phenoxy) is 1. The van der Waals surface area contributed by atoms with Crippen LogP contribution < -0.4 is 10.0 Å². The second-order valence-corrected chi connectivity index (χ2v) is 7.14. The number of sulfonamides is 1. The number of rotatable bonds is 8. The summed E-state index contributed by atoms with van der Waals surface area (Å²) in [6.45, 7) is 5.69. The van der Waals surface area contributed by atoms with Crippen LogP contribution in [0.15, 0.2) is 29.2 Å². The van der Waals surface area contributed by atoms with E-state index in [9.17, 15) is 8.42 Å². The molecule has 1 aromatic carbocycles. The molecule has 7 heteroatoms. The third-order valence-electron chi connectivity index (χ3n) is 3.76. The number of hydrogen-bond donors (Lipinski definition) is 2. The first kappa shape index (κ1) is 17.4. The third-order valence-corrected chi connectivity index (χ3v) is 5.24. The van der Waals surface area contributed by atoms with Crippen molar-refractivity contribution in [3.8, 4) is 0 Å². The van der Waals surface area contributed by atoms with Gasteiger partial charge in [0.25, 0.3) is 0 Å². The van der Waals surface area contributed by atoms with Gasteiger partial charge in [0, 0.05) is 46.4 Å². The van der Waals surface area contributed by atoms with E-state index in [2.05, 4.69) is 14.9 Å². The van der Waals surface area contributed by atoms with Crippen molar-refractivity contribution in [3.63, 3.8) is 0 Å². The summed E-state index contributed by atoms with van der Waals surface area (Å²) in [6.07, 6.45) is 0.785. The van der Waals surface area contributed by atoms with Crippen molar-refractivity contribution in [1.82, 2.24) is 14.9 Å². The van der Waals surface area contributed by atoms with Crippen LogP contribution in [0.5, 0.6) is 0 Å². The van der Waals surface area contributed by atoms with Gasteiger partial charge in [0.1, 0.15) is 0 Å². The van der Waals surface area contributed by atoms with E-state index >= 15 is 0 Å². The lowest BCUT2D eigenvalue weighted by atomic mass is 10.2. The normalized spacial score (nSPS) is 16.8. The maximum Gasteiger partial charge on any atom is 0.240 e. The van der Waals surface area contributed by atoms with Gasteiger partial charge < -0.3 is 10.1 Å². The zero-order valence-corrected chi connectivity index (χ0v) is 13.9. The Hall–Kier alpha value is -0.990. The topological polar surface area (TPSA) is 70.7 Å². The first-order valence-electron chi connectivity index (χ1n) is 7.62. The molecule has 2 N–H and O–H groups in total. The molecule has 22 heavy (non-hydrogen) atoms. The van der Waals surface area contributed by atoms with E-state index in [0.29, 0.717) is 18.0 Å². The molecule has 1 heterocycles. The summed E-state index contributed by atoms with van der Waals surface area (Å²) in [5.41, 5.74) is 1.07. The van der Waals surface area contributed by atoms with Crippen LogP contribution in [0, 0.1) is 0 Å². The molecule has 1 aromatic rings. The SMILES string of the molecule is COCCc1ccc(S(=O)(=O)NCCN2CCNCC2)cc1. The Bertz CT molecular complexity index is 540. The van der Waals surface area contributed by atoms with Crippen molar-refractivity contribution >= 4 is 10.0 Å². The molecule has 6 nitrogen and oxygen atoms in total. The molecule has 0 amide bonds. The van der Waals surface area contributed by atoms with Crippen molar-refractivity contribution < 1.29 is 13.2 Å². The predicted molar refractivity (Wildman–Crippen MR) is 86.5 cm³/mol. The molecule has 0 aromatic heterocycles. The average molecular weight is 327 g/mol. The minimum Gasteiger partial charge on any atom is -0.384 e. The maximum atomic E-state index is 12.2. The molecule has 0 bridgehead atoms. The lowest BCUT2D eigenvalue weighted by Gasteiger charge is -2.27. The van der Waals surface area contributed by atoms with Crippen LogP contribution in [0.2, 0.25) is 0 Å². The Kier molecular flexibility index (Phi) is 6.78. The third kappa shape index (κ3) is 5.33. The Labute approximate surface area is 132 Å². The molecule has 0 aliphatic carbocycles. The number of nitrogens with one attached hydrogen (secondary N) is 2. The van der Waals surface area contributed by atoms with E-state index < -0.39 is 10.0 Å². The molecule has 0 radical (unpaired) electrons. The van der Waals surface area contributed by atoms with Gasteiger partial charge in [0.05, 0.1) is 11.5 Å². The van der Waals surface area contributed by atoms with E-state index in [1.165, 1.54) is 0 Å². The molecule has 1 aliphatic heterocycles. The van der Waals surface area contributed by atoms with Gasteiger partial charge in [-0.1, -0.05) is 12.1 Å². The molecule has 2 rings (SSSR count). The summed E-state index contributed by atoms with van der Waals surface area (Å²) in [5, 5.41) is 3.28. The fourth-order valence-corrected chi connectivity index (χ4v) is 3.43. The summed E-state index contributed by atoms with van der Waals surface area (Å²) < 4.78 is 32.2. The van der Waals surface area contributed by atoms with Gasteiger partial charge in [-0.25, -0.2) is 13.1 Å². The zero-order chi connectivity index (χ0) is 15.8. The molecular weight excluding hydrogens is 302 g/mol. The number of benzene rings is 1. The molecule has 0 spiro atoms. The fourth-order valence-electron chi connectivity index (χ4n) is 2.41. The van der Waals surface area contributed by atoms with E-state index in [1.54, 1.807) is 19.2 Å². The predicted octanol–water partition coefficient (Wildman–Crippen LogP) is 0.0590. The lowest BCUT2D eigenvalue weighted by molar-refractivity contribution is 0.202. The minimum atomic E-state index is -3.42. The van der Waals surface area contributed by atoms with E-state index in [0.717, 1.165) is 44.7 Å².